The van der Waals surface area contributed by atoms with Gasteiger partial charge in [0.15, 0.2) is 0 Å². The van der Waals surface area contributed by atoms with Gasteiger partial charge >= 0.3 is 11.8 Å². The second-order valence-corrected chi connectivity index (χ2v) is 6.07. The number of rotatable bonds is 1. The van der Waals surface area contributed by atoms with E-state index >= 15 is 0 Å². The molecule has 0 saturated carbocycles. The van der Waals surface area contributed by atoms with Gasteiger partial charge in [-0.1, -0.05) is 6.92 Å². The molecule has 2 amide bonds. The van der Waals surface area contributed by atoms with Gasteiger partial charge in [-0.25, -0.2) is 0 Å². The van der Waals surface area contributed by atoms with Gasteiger partial charge in [-0.05, 0) is 39.4 Å². The lowest BCUT2D eigenvalue weighted by molar-refractivity contribution is -0.153. The highest BCUT2D eigenvalue weighted by molar-refractivity contribution is 6.35. The third kappa shape index (κ3) is 4.17. The fourth-order valence-corrected chi connectivity index (χ4v) is 3.17. The SMILES string of the molecule is CCC1CN(C)CCCN1C(=O)C(=O)N1CCCNCC1. The van der Waals surface area contributed by atoms with E-state index in [0.29, 0.717) is 19.6 Å². The van der Waals surface area contributed by atoms with Crippen LogP contribution < -0.4 is 5.32 Å². The van der Waals surface area contributed by atoms with Gasteiger partial charge in [-0.2, -0.15) is 0 Å². The Hall–Kier alpha value is -1.14. The predicted octanol–water partition coefficient (Wildman–Crippen LogP) is -0.249. The summed E-state index contributed by atoms with van der Waals surface area (Å²) in [5.41, 5.74) is 0. The number of nitrogens with zero attached hydrogens (tertiary/aromatic N) is 3. The summed E-state index contributed by atoms with van der Waals surface area (Å²) in [6.07, 6.45) is 2.75. The molecule has 2 rings (SSSR count). The molecular weight excluding hydrogens is 268 g/mol. The van der Waals surface area contributed by atoms with Crippen LogP contribution in [0.25, 0.3) is 0 Å². The molecule has 1 atom stereocenters. The monoisotopic (exact) mass is 296 g/mol. The van der Waals surface area contributed by atoms with Crippen molar-refractivity contribution in [2.45, 2.75) is 32.2 Å². The predicted molar refractivity (Wildman–Crippen MR) is 82.0 cm³/mol. The highest BCUT2D eigenvalue weighted by Gasteiger charge is 2.32. The first kappa shape index (κ1) is 16.2. The Morgan fingerprint density at radius 1 is 1.05 bits per heavy atom. The molecule has 0 aromatic rings. The first-order valence-corrected chi connectivity index (χ1v) is 8.12. The summed E-state index contributed by atoms with van der Waals surface area (Å²) in [6, 6.07) is 0.152. The van der Waals surface area contributed by atoms with Crippen LogP contribution in [0.5, 0.6) is 0 Å². The number of likely N-dealkylation sites (N-methyl/N-ethyl adjacent to an activating group) is 1. The van der Waals surface area contributed by atoms with Gasteiger partial charge in [0.1, 0.15) is 0 Å². The topological polar surface area (TPSA) is 55.9 Å². The zero-order chi connectivity index (χ0) is 15.2. The Bertz CT molecular complexity index is 367. The number of nitrogens with one attached hydrogen (secondary N) is 1. The van der Waals surface area contributed by atoms with Crippen molar-refractivity contribution in [1.82, 2.24) is 20.0 Å². The number of hydrogen-bond donors (Lipinski definition) is 1. The summed E-state index contributed by atoms with van der Waals surface area (Å²) < 4.78 is 0. The van der Waals surface area contributed by atoms with Crippen molar-refractivity contribution in [3.05, 3.63) is 0 Å². The standard InChI is InChI=1S/C15H28N4O2/c1-3-13-12-17(2)8-5-10-19(13)15(21)14(20)18-9-4-6-16-7-11-18/h13,16H,3-12H2,1-2H3. The minimum atomic E-state index is -0.318. The Morgan fingerprint density at radius 2 is 1.86 bits per heavy atom. The van der Waals surface area contributed by atoms with E-state index in [9.17, 15) is 9.59 Å². The van der Waals surface area contributed by atoms with Crippen molar-refractivity contribution in [2.75, 3.05) is 52.9 Å². The maximum atomic E-state index is 12.6. The lowest BCUT2D eigenvalue weighted by atomic mass is 10.1. The van der Waals surface area contributed by atoms with Crippen molar-refractivity contribution in [3.8, 4) is 0 Å². The van der Waals surface area contributed by atoms with E-state index in [1.807, 2.05) is 4.90 Å². The van der Waals surface area contributed by atoms with Crippen LogP contribution in [0.4, 0.5) is 0 Å². The molecule has 2 aliphatic heterocycles. The van der Waals surface area contributed by atoms with Crippen molar-refractivity contribution < 1.29 is 9.59 Å². The minimum Gasteiger partial charge on any atom is -0.333 e. The Morgan fingerprint density at radius 3 is 2.62 bits per heavy atom. The van der Waals surface area contributed by atoms with Gasteiger partial charge in [0.05, 0.1) is 0 Å². The molecule has 2 fully saturated rings. The fourth-order valence-electron chi connectivity index (χ4n) is 3.17. The van der Waals surface area contributed by atoms with Crippen LogP contribution in [-0.2, 0) is 9.59 Å². The van der Waals surface area contributed by atoms with Crippen molar-refractivity contribution in [2.24, 2.45) is 0 Å². The molecule has 6 nitrogen and oxygen atoms in total. The zero-order valence-corrected chi connectivity index (χ0v) is 13.3. The summed E-state index contributed by atoms with van der Waals surface area (Å²) in [5, 5.41) is 3.26. The molecule has 0 aromatic carbocycles. The van der Waals surface area contributed by atoms with Crippen molar-refractivity contribution in [3.63, 3.8) is 0 Å². The van der Waals surface area contributed by atoms with Gasteiger partial charge in [0.2, 0.25) is 0 Å². The molecule has 2 saturated heterocycles. The van der Waals surface area contributed by atoms with E-state index < -0.39 is 0 Å². The van der Waals surface area contributed by atoms with Gasteiger partial charge < -0.3 is 20.0 Å². The van der Waals surface area contributed by atoms with E-state index in [1.165, 1.54) is 0 Å². The molecule has 6 heteroatoms. The molecule has 1 unspecified atom stereocenters. The maximum absolute atomic E-state index is 12.6. The first-order chi connectivity index (χ1) is 10.1. The van der Waals surface area contributed by atoms with Crippen LogP contribution in [0.3, 0.4) is 0 Å². The lowest BCUT2D eigenvalue weighted by Gasteiger charge is -2.31. The van der Waals surface area contributed by atoms with Crippen molar-refractivity contribution in [1.29, 1.82) is 0 Å². The highest BCUT2D eigenvalue weighted by atomic mass is 16.2. The van der Waals surface area contributed by atoms with Gasteiger partial charge in [-0.15, -0.1) is 0 Å². The van der Waals surface area contributed by atoms with Gasteiger partial charge in [0.25, 0.3) is 0 Å². The third-order valence-corrected chi connectivity index (χ3v) is 4.44. The molecule has 0 aromatic heterocycles. The molecular formula is C15H28N4O2. The second kappa shape index (κ2) is 7.75. The molecule has 0 spiro atoms. The van der Waals surface area contributed by atoms with Crippen LogP contribution >= 0.6 is 0 Å². The zero-order valence-electron chi connectivity index (χ0n) is 13.3. The molecule has 120 valence electrons. The van der Waals surface area contributed by atoms with Crippen molar-refractivity contribution >= 4 is 11.8 Å². The van der Waals surface area contributed by atoms with E-state index in [4.69, 9.17) is 0 Å². The molecule has 0 bridgehead atoms. The van der Waals surface area contributed by atoms with Gasteiger partial charge in [0, 0.05) is 38.8 Å². The molecule has 1 N–H and O–H groups in total. The summed E-state index contributed by atoms with van der Waals surface area (Å²) in [5.74, 6) is -0.624. The molecule has 0 radical (unpaired) electrons. The Balaban J connectivity index is 2.03. The largest absolute Gasteiger partial charge is 0.333 e. The normalized spacial score (nSPS) is 25.3. The van der Waals surface area contributed by atoms with E-state index in [-0.39, 0.29) is 17.9 Å². The smallest absolute Gasteiger partial charge is 0.312 e. The van der Waals surface area contributed by atoms with Crippen LogP contribution in [-0.4, -0.2) is 85.4 Å². The maximum Gasteiger partial charge on any atom is 0.312 e. The Labute approximate surface area is 127 Å². The molecule has 2 aliphatic rings. The average Bonchev–Trinajstić information content (AvgIpc) is 2.86. The lowest BCUT2D eigenvalue weighted by Crippen LogP contribution is -2.51. The number of hydrogen-bond acceptors (Lipinski definition) is 4. The second-order valence-electron chi connectivity index (χ2n) is 6.07. The molecule has 21 heavy (non-hydrogen) atoms. The number of carbonyl (C=O) groups is 2. The quantitative estimate of drug-likeness (QED) is 0.678. The highest BCUT2D eigenvalue weighted by Crippen LogP contribution is 2.13. The van der Waals surface area contributed by atoms with E-state index in [2.05, 4.69) is 24.2 Å². The average molecular weight is 296 g/mol. The summed E-state index contributed by atoms with van der Waals surface area (Å²) >= 11 is 0. The summed E-state index contributed by atoms with van der Waals surface area (Å²) in [4.78, 5) is 30.9. The number of carbonyl (C=O) groups excluding carboxylic acids is 2. The van der Waals surface area contributed by atoms with Crippen LogP contribution in [0.15, 0.2) is 0 Å². The Kier molecular flexibility index (Phi) is 5.99. The first-order valence-electron chi connectivity index (χ1n) is 8.12. The van der Waals surface area contributed by atoms with Crippen LogP contribution in [0.1, 0.15) is 26.2 Å². The van der Waals surface area contributed by atoms with E-state index in [0.717, 1.165) is 45.4 Å². The summed E-state index contributed by atoms with van der Waals surface area (Å²) in [7, 11) is 2.08. The number of amides is 2. The fraction of sp³-hybridized carbons (Fsp3) is 0.867. The molecule has 0 aliphatic carbocycles. The van der Waals surface area contributed by atoms with Crippen LogP contribution in [0.2, 0.25) is 0 Å². The molecule has 2 heterocycles. The third-order valence-electron chi connectivity index (χ3n) is 4.44. The summed E-state index contributed by atoms with van der Waals surface area (Å²) in [6.45, 7) is 7.64. The minimum absolute atomic E-state index is 0.152. The van der Waals surface area contributed by atoms with Crippen LogP contribution in [0, 0.1) is 0 Å². The van der Waals surface area contributed by atoms with E-state index in [1.54, 1.807) is 4.90 Å². The van der Waals surface area contributed by atoms with Gasteiger partial charge in [-0.3, -0.25) is 9.59 Å².